The number of hydrogen-bond donors (Lipinski definition) is 0. The molecule has 0 aliphatic heterocycles. The molecule has 0 rings (SSSR count). The molecule has 0 aromatic carbocycles. The van der Waals surface area contributed by atoms with E-state index in [0.717, 1.165) is 5.82 Å². The minimum atomic E-state index is 0.773. The van der Waals surface area contributed by atoms with Gasteiger partial charge >= 0.3 is 0 Å². The van der Waals surface area contributed by atoms with Crippen LogP contribution in [-0.2, 0) is 0 Å². The van der Waals surface area contributed by atoms with E-state index in [-0.39, 0.29) is 0 Å². The lowest BCUT2D eigenvalue weighted by molar-refractivity contribution is 1.05. The smallest absolute Gasteiger partial charge is 0.0828 e. The van der Waals surface area contributed by atoms with Crippen molar-refractivity contribution >= 4 is 7.28 Å². The van der Waals surface area contributed by atoms with Crippen LogP contribution in [-0.4, -0.2) is 7.28 Å². The molecule has 0 unspecified atom stereocenters. The molecule has 0 amide bonds. The lowest BCUT2D eigenvalue weighted by atomic mass is 9.64. The van der Waals surface area contributed by atoms with E-state index in [4.69, 9.17) is 0 Å². The van der Waals surface area contributed by atoms with Gasteiger partial charge in [-0.1, -0.05) is 60.6 Å². The molecular formula is C9H24B. The van der Waals surface area contributed by atoms with Gasteiger partial charge in [0.2, 0.25) is 0 Å². The summed E-state index contributed by atoms with van der Waals surface area (Å²) in [6.45, 7) is 14.6. The molecule has 0 saturated carbocycles. The van der Waals surface area contributed by atoms with Crippen LogP contribution in [0.2, 0.25) is 12.1 Å². The molecule has 0 saturated heterocycles. The average Bonchev–Trinajstić information content (AvgIpc) is 1.96. The fourth-order valence-corrected chi connectivity index (χ4v) is 0.471. The summed E-state index contributed by atoms with van der Waals surface area (Å²) in [6.07, 6.45) is 1.21. The van der Waals surface area contributed by atoms with Crippen LogP contribution in [0.1, 0.15) is 48.5 Å². The molecular weight excluding hydrogens is 119 g/mol. The standard InChI is InChI=1S/C5H12B.2C2H6/c1-4-6-5(2)3;2*1-2/h5H,4H2,1-3H3;2*1-2H3. The van der Waals surface area contributed by atoms with Crippen LogP contribution >= 0.6 is 0 Å². The highest BCUT2D eigenvalue weighted by molar-refractivity contribution is 6.36. The zero-order valence-electron chi connectivity index (χ0n) is 8.86. The Morgan fingerprint density at radius 3 is 1.30 bits per heavy atom. The second kappa shape index (κ2) is 23.0. The van der Waals surface area contributed by atoms with Crippen LogP contribution in [0.4, 0.5) is 0 Å². The normalized spacial score (nSPS) is 6.80. The van der Waals surface area contributed by atoms with Crippen molar-refractivity contribution in [3.05, 3.63) is 0 Å². The van der Waals surface area contributed by atoms with Gasteiger partial charge in [0.15, 0.2) is 0 Å². The molecule has 0 bridgehead atoms. The summed E-state index contributed by atoms with van der Waals surface area (Å²) in [4.78, 5) is 0. The van der Waals surface area contributed by atoms with E-state index in [1.165, 1.54) is 6.32 Å². The second-order valence-corrected chi connectivity index (χ2v) is 1.89. The number of rotatable bonds is 2. The lowest BCUT2D eigenvalue weighted by Gasteiger charge is -1.93. The Morgan fingerprint density at radius 1 is 1.00 bits per heavy atom. The monoisotopic (exact) mass is 143 g/mol. The Balaban J connectivity index is -0.000000105. The van der Waals surface area contributed by atoms with Crippen molar-refractivity contribution in [1.82, 2.24) is 0 Å². The molecule has 0 aromatic rings. The Kier molecular flexibility index (Phi) is 38.1. The van der Waals surface area contributed by atoms with E-state index in [2.05, 4.69) is 28.1 Å². The Hall–Kier alpha value is 0.0649. The summed E-state index contributed by atoms with van der Waals surface area (Å²) in [5.41, 5.74) is 0. The molecule has 63 valence electrons. The van der Waals surface area contributed by atoms with Crippen molar-refractivity contribution < 1.29 is 0 Å². The molecule has 0 aliphatic rings. The third-order valence-corrected chi connectivity index (χ3v) is 0.707. The van der Waals surface area contributed by atoms with Crippen LogP contribution in [0.15, 0.2) is 0 Å². The van der Waals surface area contributed by atoms with E-state index in [0.29, 0.717) is 0 Å². The quantitative estimate of drug-likeness (QED) is 0.512. The maximum absolute atomic E-state index is 2.29. The van der Waals surface area contributed by atoms with Crippen molar-refractivity contribution in [2.75, 3.05) is 0 Å². The summed E-state index contributed by atoms with van der Waals surface area (Å²) < 4.78 is 0. The Bertz CT molecular complexity index is 25.9. The Morgan fingerprint density at radius 2 is 1.30 bits per heavy atom. The first kappa shape index (κ1) is 16.6. The van der Waals surface area contributed by atoms with Gasteiger partial charge in [0.05, 0.1) is 0 Å². The van der Waals surface area contributed by atoms with Crippen LogP contribution < -0.4 is 0 Å². The fourth-order valence-electron chi connectivity index (χ4n) is 0.471. The molecule has 1 heteroatoms. The first-order valence-corrected chi connectivity index (χ1v) is 4.60. The summed E-state index contributed by atoms with van der Waals surface area (Å²) in [6, 6.07) is 0. The summed E-state index contributed by atoms with van der Waals surface area (Å²) in [7, 11) is 2.29. The van der Waals surface area contributed by atoms with Gasteiger partial charge in [-0.25, -0.2) is 0 Å². The van der Waals surface area contributed by atoms with Gasteiger partial charge in [-0.2, -0.15) is 0 Å². The highest BCUT2D eigenvalue weighted by atomic mass is 13.7. The van der Waals surface area contributed by atoms with Gasteiger partial charge in [-0.05, 0) is 0 Å². The highest BCUT2D eigenvalue weighted by Gasteiger charge is 1.88. The SMILES string of the molecule is CC.CC.CC[B]C(C)C. The van der Waals surface area contributed by atoms with Gasteiger partial charge < -0.3 is 0 Å². The van der Waals surface area contributed by atoms with Gasteiger partial charge in [-0.3, -0.25) is 0 Å². The molecule has 0 nitrogen and oxygen atoms in total. The predicted molar refractivity (Wildman–Crippen MR) is 54.0 cm³/mol. The van der Waals surface area contributed by atoms with Gasteiger partial charge in [-0.15, -0.1) is 0 Å². The minimum Gasteiger partial charge on any atom is -0.0828 e. The zero-order valence-corrected chi connectivity index (χ0v) is 8.86. The van der Waals surface area contributed by atoms with Crippen LogP contribution in [0.25, 0.3) is 0 Å². The van der Waals surface area contributed by atoms with E-state index >= 15 is 0 Å². The maximum atomic E-state index is 2.29. The molecule has 10 heavy (non-hydrogen) atoms. The largest absolute Gasteiger partial charge is 0.112 e. The maximum Gasteiger partial charge on any atom is 0.112 e. The third-order valence-electron chi connectivity index (χ3n) is 0.707. The van der Waals surface area contributed by atoms with Crippen molar-refractivity contribution in [3.8, 4) is 0 Å². The zero-order chi connectivity index (χ0) is 8.99. The average molecular weight is 143 g/mol. The first-order chi connectivity index (χ1) is 4.77. The Labute approximate surface area is 68.7 Å². The van der Waals surface area contributed by atoms with Crippen LogP contribution in [0.3, 0.4) is 0 Å². The number of hydrogen-bond acceptors (Lipinski definition) is 0. The van der Waals surface area contributed by atoms with Crippen molar-refractivity contribution in [2.45, 2.75) is 60.6 Å². The third kappa shape index (κ3) is 42.9. The topological polar surface area (TPSA) is 0 Å². The molecule has 0 N–H and O–H groups in total. The van der Waals surface area contributed by atoms with E-state index in [1.807, 2.05) is 27.7 Å². The fraction of sp³-hybridized carbons (Fsp3) is 1.00. The minimum absolute atomic E-state index is 0.773. The highest BCUT2D eigenvalue weighted by Crippen LogP contribution is 1.97. The van der Waals surface area contributed by atoms with Gasteiger partial charge in [0.1, 0.15) is 7.28 Å². The molecule has 0 atom stereocenters. The van der Waals surface area contributed by atoms with E-state index in [1.54, 1.807) is 0 Å². The molecule has 0 heterocycles. The van der Waals surface area contributed by atoms with Crippen molar-refractivity contribution in [3.63, 3.8) is 0 Å². The van der Waals surface area contributed by atoms with Crippen molar-refractivity contribution in [1.29, 1.82) is 0 Å². The lowest BCUT2D eigenvalue weighted by Crippen LogP contribution is -1.89. The molecule has 0 aromatic heterocycles. The second-order valence-electron chi connectivity index (χ2n) is 1.89. The predicted octanol–water partition coefficient (Wildman–Crippen LogP) is 4.01. The molecule has 1 radical (unpaired) electrons. The summed E-state index contributed by atoms with van der Waals surface area (Å²) in [5.74, 6) is 0.773. The first-order valence-electron chi connectivity index (χ1n) is 4.60. The van der Waals surface area contributed by atoms with Crippen LogP contribution in [0.5, 0.6) is 0 Å². The summed E-state index contributed by atoms with van der Waals surface area (Å²) >= 11 is 0. The van der Waals surface area contributed by atoms with Crippen molar-refractivity contribution in [2.24, 2.45) is 0 Å². The molecule has 0 aliphatic carbocycles. The van der Waals surface area contributed by atoms with E-state index in [9.17, 15) is 0 Å². The van der Waals surface area contributed by atoms with Gasteiger partial charge in [0, 0.05) is 0 Å². The summed E-state index contributed by atoms with van der Waals surface area (Å²) in [5, 5.41) is 0. The van der Waals surface area contributed by atoms with Gasteiger partial charge in [0.25, 0.3) is 0 Å². The van der Waals surface area contributed by atoms with Crippen LogP contribution in [0, 0.1) is 0 Å². The molecule has 0 spiro atoms. The van der Waals surface area contributed by atoms with E-state index < -0.39 is 0 Å². The molecule has 0 fully saturated rings.